The molecule has 0 aromatic carbocycles. The average Bonchev–Trinajstić information content (AvgIpc) is 3.16. The van der Waals surface area contributed by atoms with Crippen LogP contribution < -0.4 is 9.47 Å². The van der Waals surface area contributed by atoms with Crippen LogP contribution in [0.2, 0.25) is 0 Å². The predicted molar refractivity (Wildman–Crippen MR) is 89.7 cm³/mol. The van der Waals surface area contributed by atoms with E-state index in [4.69, 9.17) is 9.47 Å². The molecular formula is C18H28N2O2. The molecular weight excluding hydrogens is 276 g/mol. The normalized spacial score (nSPS) is 10.8. The van der Waals surface area contributed by atoms with Crippen LogP contribution in [0.15, 0.2) is 36.9 Å². The molecule has 0 radical (unpaired) electrons. The fraction of sp³-hybridized carbons (Fsp3) is 0.556. The van der Waals surface area contributed by atoms with Crippen LogP contribution in [0.25, 0.3) is 0 Å². The molecule has 4 heteroatoms. The van der Waals surface area contributed by atoms with Gasteiger partial charge in [0.25, 0.3) is 0 Å². The van der Waals surface area contributed by atoms with Crippen LogP contribution >= 0.6 is 0 Å². The van der Waals surface area contributed by atoms with Crippen molar-refractivity contribution in [3.05, 3.63) is 36.9 Å². The molecule has 0 N–H and O–H groups in total. The fourth-order valence-electron chi connectivity index (χ4n) is 2.24. The van der Waals surface area contributed by atoms with Crippen LogP contribution in [0, 0.1) is 0 Å². The van der Waals surface area contributed by atoms with E-state index in [-0.39, 0.29) is 0 Å². The van der Waals surface area contributed by atoms with Crippen molar-refractivity contribution in [2.24, 2.45) is 0 Å². The Morgan fingerprint density at radius 1 is 0.727 bits per heavy atom. The molecule has 0 saturated carbocycles. The Kier molecular flexibility index (Phi) is 6.94. The molecule has 2 aromatic rings. The number of aromatic nitrogens is 2. The van der Waals surface area contributed by atoms with Gasteiger partial charge in [-0.3, -0.25) is 9.35 Å². The van der Waals surface area contributed by atoms with Gasteiger partial charge in [-0.05, 0) is 12.8 Å². The summed E-state index contributed by atoms with van der Waals surface area (Å²) < 4.78 is 15.5. The Balaban J connectivity index is 1.80. The van der Waals surface area contributed by atoms with Crippen molar-refractivity contribution in [3.63, 3.8) is 0 Å². The fourth-order valence-corrected chi connectivity index (χ4v) is 2.24. The van der Waals surface area contributed by atoms with Crippen LogP contribution in [-0.4, -0.2) is 22.6 Å². The summed E-state index contributed by atoms with van der Waals surface area (Å²) in [5.74, 6) is 1.82. The predicted octanol–water partition coefficient (Wildman–Crippen LogP) is 4.74. The Labute approximate surface area is 133 Å². The largest absolute Gasteiger partial charge is 0.492 e. The van der Waals surface area contributed by atoms with E-state index in [1.54, 1.807) is 0 Å². The summed E-state index contributed by atoms with van der Waals surface area (Å²) in [5.41, 5.74) is 0. The molecule has 22 heavy (non-hydrogen) atoms. The zero-order valence-corrected chi connectivity index (χ0v) is 13.8. The second kappa shape index (κ2) is 9.23. The van der Waals surface area contributed by atoms with Crippen molar-refractivity contribution in [1.82, 2.24) is 9.35 Å². The molecule has 4 nitrogen and oxygen atoms in total. The van der Waals surface area contributed by atoms with Gasteiger partial charge in [0.05, 0.1) is 25.6 Å². The van der Waals surface area contributed by atoms with Crippen molar-refractivity contribution >= 4 is 0 Å². The molecule has 0 saturated heterocycles. The summed E-state index contributed by atoms with van der Waals surface area (Å²) in [6.07, 6.45) is 15.1. The Bertz CT molecular complexity index is 531. The van der Waals surface area contributed by atoms with Crippen LogP contribution in [-0.2, 0) is 0 Å². The number of hydrogen-bond donors (Lipinski definition) is 0. The second-order valence-corrected chi connectivity index (χ2v) is 5.57. The van der Waals surface area contributed by atoms with E-state index in [0.29, 0.717) is 0 Å². The first-order valence-electron chi connectivity index (χ1n) is 8.45. The maximum Gasteiger partial charge on any atom is 0.139 e. The van der Waals surface area contributed by atoms with Crippen LogP contribution in [0.3, 0.4) is 0 Å². The zero-order valence-electron chi connectivity index (χ0n) is 13.8. The van der Waals surface area contributed by atoms with E-state index in [2.05, 4.69) is 13.8 Å². The summed E-state index contributed by atoms with van der Waals surface area (Å²) in [7, 11) is 0. The van der Waals surface area contributed by atoms with Crippen molar-refractivity contribution in [3.8, 4) is 11.5 Å². The van der Waals surface area contributed by atoms with Gasteiger partial charge in [0.15, 0.2) is 0 Å². The van der Waals surface area contributed by atoms with Gasteiger partial charge in [0, 0.05) is 24.5 Å². The lowest BCUT2D eigenvalue weighted by Gasteiger charge is -2.05. The van der Waals surface area contributed by atoms with Gasteiger partial charge in [-0.25, -0.2) is 0 Å². The van der Waals surface area contributed by atoms with Crippen LogP contribution in [0.1, 0.15) is 52.4 Å². The first-order valence-corrected chi connectivity index (χ1v) is 8.45. The highest BCUT2D eigenvalue weighted by Crippen LogP contribution is 2.16. The number of nitrogens with zero attached hydrogens (tertiary/aromatic N) is 2. The summed E-state index contributed by atoms with van der Waals surface area (Å²) in [6.45, 7) is 5.95. The lowest BCUT2D eigenvalue weighted by atomic mass is 10.2. The molecule has 2 heterocycles. The van der Waals surface area contributed by atoms with Crippen molar-refractivity contribution in [2.45, 2.75) is 52.4 Å². The van der Waals surface area contributed by atoms with Crippen molar-refractivity contribution < 1.29 is 9.47 Å². The minimum atomic E-state index is 0.776. The molecule has 122 valence electrons. The molecule has 0 aliphatic rings. The number of unbranched alkanes of at least 4 members (excludes halogenated alkanes) is 4. The Morgan fingerprint density at radius 3 is 1.82 bits per heavy atom. The molecule has 0 aliphatic heterocycles. The van der Waals surface area contributed by atoms with Gasteiger partial charge in [-0.1, -0.05) is 39.5 Å². The molecule has 0 atom stereocenters. The number of hydrogen-bond acceptors (Lipinski definition) is 2. The summed E-state index contributed by atoms with van der Waals surface area (Å²) in [4.78, 5) is 0. The van der Waals surface area contributed by atoms with Gasteiger partial charge in [-0.2, -0.15) is 0 Å². The Hall–Kier alpha value is -1.84. The lowest BCUT2D eigenvalue weighted by Crippen LogP contribution is -2.03. The van der Waals surface area contributed by atoms with Crippen LogP contribution in [0.4, 0.5) is 0 Å². The van der Waals surface area contributed by atoms with Gasteiger partial charge in [0.2, 0.25) is 0 Å². The molecule has 2 rings (SSSR count). The molecule has 2 aromatic heterocycles. The zero-order chi connectivity index (χ0) is 15.6. The summed E-state index contributed by atoms with van der Waals surface area (Å²) in [5, 5.41) is 0. The highest BCUT2D eigenvalue weighted by Gasteiger charge is 2.02. The summed E-state index contributed by atoms with van der Waals surface area (Å²) >= 11 is 0. The standard InChI is InChI=1S/C18H28N2O2/c1-3-5-7-8-14-22-18-10-12-20(16-18)19-11-9-17(15-19)21-13-6-4-2/h9-12,15-16H,3-8,13-14H2,1-2H3. The molecule has 0 aliphatic carbocycles. The summed E-state index contributed by atoms with van der Waals surface area (Å²) in [6, 6.07) is 3.98. The van der Waals surface area contributed by atoms with E-state index < -0.39 is 0 Å². The van der Waals surface area contributed by atoms with E-state index in [1.165, 1.54) is 19.3 Å². The minimum absolute atomic E-state index is 0.776. The molecule has 0 amide bonds. The third kappa shape index (κ3) is 5.17. The third-order valence-corrected chi connectivity index (χ3v) is 3.60. The average molecular weight is 304 g/mol. The quantitative estimate of drug-likeness (QED) is 0.561. The molecule has 0 bridgehead atoms. The maximum absolute atomic E-state index is 5.78. The van der Waals surface area contributed by atoms with Crippen molar-refractivity contribution in [1.29, 1.82) is 0 Å². The minimum Gasteiger partial charge on any atom is -0.492 e. The second-order valence-electron chi connectivity index (χ2n) is 5.57. The van der Waals surface area contributed by atoms with Crippen LogP contribution in [0.5, 0.6) is 11.5 Å². The van der Waals surface area contributed by atoms with E-state index in [1.807, 2.05) is 46.3 Å². The smallest absolute Gasteiger partial charge is 0.139 e. The van der Waals surface area contributed by atoms with Gasteiger partial charge in [-0.15, -0.1) is 0 Å². The van der Waals surface area contributed by atoms with E-state index >= 15 is 0 Å². The number of ether oxygens (including phenoxy) is 2. The number of rotatable bonds is 11. The molecule has 0 fully saturated rings. The van der Waals surface area contributed by atoms with Gasteiger partial charge >= 0.3 is 0 Å². The highest BCUT2D eigenvalue weighted by molar-refractivity contribution is 5.21. The topological polar surface area (TPSA) is 28.3 Å². The first kappa shape index (κ1) is 16.5. The van der Waals surface area contributed by atoms with E-state index in [0.717, 1.165) is 44.0 Å². The highest BCUT2D eigenvalue weighted by atomic mass is 16.5. The first-order chi connectivity index (χ1) is 10.8. The van der Waals surface area contributed by atoms with E-state index in [9.17, 15) is 0 Å². The maximum atomic E-state index is 5.78. The Morgan fingerprint density at radius 2 is 1.27 bits per heavy atom. The molecule has 0 spiro atoms. The third-order valence-electron chi connectivity index (χ3n) is 3.60. The van der Waals surface area contributed by atoms with Crippen molar-refractivity contribution in [2.75, 3.05) is 13.2 Å². The monoisotopic (exact) mass is 304 g/mol. The van der Waals surface area contributed by atoms with Gasteiger partial charge < -0.3 is 9.47 Å². The SMILES string of the molecule is CCCCCCOc1ccn(-n2ccc(OCCCC)c2)c1. The van der Waals surface area contributed by atoms with Gasteiger partial charge in [0.1, 0.15) is 11.5 Å². The molecule has 0 unspecified atom stereocenters. The lowest BCUT2D eigenvalue weighted by molar-refractivity contribution is 0.304.